The van der Waals surface area contributed by atoms with Gasteiger partial charge in [-0.3, -0.25) is 9.69 Å². The Kier molecular flexibility index (Phi) is 6.33. The lowest BCUT2D eigenvalue weighted by Crippen LogP contribution is -2.55. The number of benzene rings is 2. The summed E-state index contributed by atoms with van der Waals surface area (Å²) in [6, 6.07) is 16.3. The number of amides is 1. The molecule has 7 heteroatoms. The summed E-state index contributed by atoms with van der Waals surface area (Å²) in [7, 11) is 0. The van der Waals surface area contributed by atoms with E-state index in [1.165, 1.54) is 5.56 Å². The van der Waals surface area contributed by atoms with E-state index in [1.54, 1.807) is 0 Å². The number of nitrogens with one attached hydrogen (secondary N) is 2. The Morgan fingerprint density at radius 3 is 2.36 bits per heavy atom. The summed E-state index contributed by atoms with van der Waals surface area (Å²) in [5, 5.41) is 0.759. The standard InChI is InChI=1S/C21H24BrClN4O/c22-17-5-1-15(2-6-17)13-21(28)27-11-9-26(10-12-27)20-14-19(24-25-20)16-3-7-18(23)8-4-16/h1-8,19-20,24-25H,9-14H2. The topological polar surface area (TPSA) is 47.6 Å². The van der Waals surface area contributed by atoms with E-state index in [0.717, 1.165) is 47.7 Å². The first-order valence-corrected chi connectivity index (χ1v) is 10.8. The van der Waals surface area contributed by atoms with Gasteiger partial charge in [-0.2, -0.15) is 0 Å². The van der Waals surface area contributed by atoms with E-state index < -0.39 is 0 Å². The maximum absolute atomic E-state index is 12.6. The average molecular weight is 464 g/mol. The first-order valence-electron chi connectivity index (χ1n) is 9.61. The van der Waals surface area contributed by atoms with Crippen LogP contribution in [0.3, 0.4) is 0 Å². The molecule has 148 valence electrons. The fourth-order valence-electron chi connectivity index (χ4n) is 3.86. The zero-order chi connectivity index (χ0) is 19.5. The Morgan fingerprint density at radius 2 is 1.68 bits per heavy atom. The van der Waals surface area contributed by atoms with E-state index in [0.29, 0.717) is 6.42 Å². The lowest BCUT2D eigenvalue weighted by molar-refractivity contribution is -0.132. The fourth-order valence-corrected chi connectivity index (χ4v) is 4.25. The molecule has 0 aliphatic carbocycles. The van der Waals surface area contributed by atoms with Crippen LogP contribution in [0.4, 0.5) is 0 Å². The minimum absolute atomic E-state index is 0.207. The van der Waals surface area contributed by atoms with Crippen molar-refractivity contribution in [1.82, 2.24) is 20.7 Å². The summed E-state index contributed by atoms with van der Waals surface area (Å²) < 4.78 is 1.03. The number of hydrazine groups is 1. The molecule has 2 aliphatic rings. The second-order valence-electron chi connectivity index (χ2n) is 7.36. The highest BCUT2D eigenvalue weighted by Crippen LogP contribution is 2.25. The molecule has 2 fully saturated rings. The molecule has 5 nitrogen and oxygen atoms in total. The molecule has 2 unspecified atom stereocenters. The molecule has 2 aromatic rings. The van der Waals surface area contributed by atoms with Crippen LogP contribution in [0.25, 0.3) is 0 Å². The van der Waals surface area contributed by atoms with Gasteiger partial charge in [-0.05, 0) is 41.8 Å². The monoisotopic (exact) mass is 462 g/mol. The van der Waals surface area contributed by atoms with Crippen LogP contribution >= 0.6 is 27.5 Å². The molecular weight excluding hydrogens is 440 g/mol. The Morgan fingerprint density at radius 1 is 1.00 bits per heavy atom. The summed E-state index contributed by atoms with van der Waals surface area (Å²) in [6.07, 6.45) is 1.74. The molecule has 2 heterocycles. The predicted octanol–water partition coefficient (Wildman–Crippen LogP) is 3.35. The van der Waals surface area contributed by atoms with Gasteiger partial charge >= 0.3 is 0 Å². The van der Waals surface area contributed by atoms with E-state index in [-0.39, 0.29) is 18.1 Å². The second kappa shape index (κ2) is 8.93. The van der Waals surface area contributed by atoms with Crippen LogP contribution in [0.1, 0.15) is 23.6 Å². The van der Waals surface area contributed by atoms with Gasteiger partial charge in [0.2, 0.25) is 5.91 Å². The van der Waals surface area contributed by atoms with Crippen molar-refractivity contribution < 1.29 is 4.79 Å². The molecule has 4 rings (SSSR count). The molecule has 0 spiro atoms. The third kappa shape index (κ3) is 4.75. The second-order valence-corrected chi connectivity index (χ2v) is 8.72. The number of nitrogens with zero attached hydrogens (tertiary/aromatic N) is 2. The highest BCUT2D eigenvalue weighted by atomic mass is 79.9. The Bertz CT molecular complexity index is 806. The summed E-state index contributed by atoms with van der Waals surface area (Å²) in [4.78, 5) is 17.0. The van der Waals surface area contributed by atoms with Crippen molar-refractivity contribution in [2.45, 2.75) is 25.0 Å². The van der Waals surface area contributed by atoms with Crippen molar-refractivity contribution in [1.29, 1.82) is 0 Å². The fraction of sp³-hybridized carbons (Fsp3) is 0.381. The number of rotatable bonds is 4. The quantitative estimate of drug-likeness (QED) is 0.730. The van der Waals surface area contributed by atoms with Crippen LogP contribution in [0, 0.1) is 0 Å². The first-order chi connectivity index (χ1) is 13.6. The first kappa shape index (κ1) is 19.9. The smallest absolute Gasteiger partial charge is 0.227 e. The molecule has 0 aromatic heterocycles. The van der Waals surface area contributed by atoms with Crippen molar-refractivity contribution in [2.24, 2.45) is 0 Å². The van der Waals surface area contributed by atoms with Crippen molar-refractivity contribution in [3.63, 3.8) is 0 Å². The summed E-state index contributed by atoms with van der Waals surface area (Å²) in [5.41, 5.74) is 9.10. The summed E-state index contributed by atoms with van der Waals surface area (Å²) in [6.45, 7) is 3.33. The molecule has 2 N–H and O–H groups in total. The number of carbonyl (C=O) groups is 1. The highest BCUT2D eigenvalue weighted by Gasteiger charge is 2.32. The Hall–Kier alpha value is -1.44. The van der Waals surface area contributed by atoms with Crippen molar-refractivity contribution in [3.8, 4) is 0 Å². The number of halogens is 2. The zero-order valence-corrected chi connectivity index (χ0v) is 17.9. The van der Waals surface area contributed by atoms with Gasteiger partial charge < -0.3 is 4.90 Å². The average Bonchev–Trinajstić information content (AvgIpc) is 3.20. The normalized spacial score (nSPS) is 23.1. The van der Waals surface area contributed by atoms with Crippen LogP contribution in [0.15, 0.2) is 53.0 Å². The van der Waals surface area contributed by atoms with Crippen LogP contribution in [-0.2, 0) is 11.2 Å². The van der Waals surface area contributed by atoms with Gasteiger partial charge in [-0.15, -0.1) is 0 Å². The minimum Gasteiger partial charge on any atom is -0.340 e. The van der Waals surface area contributed by atoms with Crippen molar-refractivity contribution in [2.75, 3.05) is 26.2 Å². The molecule has 0 radical (unpaired) electrons. The number of hydrogen-bond donors (Lipinski definition) is 2. The molecule has 0 saturated carbocycles. The molecule has 28 heavy (non-hydrogen) atoms. The molecule has 2 aromatic carbocycles. The molecular formula is C21H24BrClN4O. The van der Waals surface area contributed by atoms with Gasteiger partial charge in [0.05, 0.1) is 12.6 Å². The zero-order valence-electron chi connectivity index (χ0n) is 15.6. The third-order valence-electron chi connectivity index (χ3n) is 5.53. The molecule has 2 saturated heterocycles. The van der Waals surface area contributed by atoms with E-state index in [4.69, 9.17) is 11.6 Å². The molecule has 2 aliphatic heterocycles. The maximum atomic E-state index is 12.6. The van der Waals surface area contributed by atoms with Gasteiger partial charge in [0.15, 0.2) is 0 Å². The summed E-state index contributed by atoms with van der Waals surface area (Å²) >= 11 is 9.42. The van der Waals surface area contributed by atoms with Crippen LogP contribution in [-0.4, -0.2) is 48.1 Å². The van der Waals surface area contributed by atoms with Gasteiger partial charge in [0.1, 0.15) is 0 Å². The van der Waals surface area contributed by atoms with E-state index in [2.05, 4.69) is 43.8 Å². The predicted molar refractivity (Wildman–Crippen MR) is 115 cm³/mol. The SMILES string of the molecule is O=C(Cc1ccc(Br)cc1)N1CCN(C2CC(c3ccc(Cl)cc3)NN2)CC1. The van der Waals surface area contributed by atoms with Crippen LogP contribution in [0.5, 0.6) is 0 Å². The number of carbonyl (C=O) groups excluding carboxylic acids is 1. The van der Waals surface area contributed by atoms with Crippen LogP contribution in [0.2, 0.25) is 5.02 Å². The van der Waals surface area contributed by atoms with E-state index in [1.807, 2.05) is 41.3 Å². The van der Waals surface area contributed by atoms with Gasteiger partial charge in [0.25, 0.3) is 0 Å². The molecule has 2 atom stereocenters. The maximum Gasteiger partial charge on any atom is 0.227 e. The minimum atomic E-state index is 0.207. The van der Waals surface area contributed by atoms with Crippen LogP contribution < -0.4 is 10.9 Å². The summed E-state index contributed by atoms with van der Waals surface area (Å²) in [5.74, 6) is 0.207. The van der Waals surface area contributed by atoms with E-state index in [9.17, 15) is 4.79 Å². The van der Waals surface area contributed by atoms with Crippen molar-refractivity contribution in [3.05, 3.63) is 69.2 Å². The number of hydrogen-bond acceptors (Lipinski definition) is 4. The Labute approximate surface area is 179 Å². The lowest BCUT2D eigenvalue weighted by Gasteiger charge is -2.37. The third-order valence-corrected chi connectivity index (χ3v) is 6.31. The highest BCUT2D eigenvalue weighted by molar-refractivity contribution is 9.10. The Balaban J connectivity index is 1.26. The largest absolute Gasteiger partial charge is 0.340 e. The molecule has 0 bridgehead atoms. The number of piperazine rings is 1. The van der Waals surface area contributed by atoms with E-state index >= 15 is 0 Å². The van der Waals surface area contributed by atoms with Gasteiger partial charge in [-0.25, -0.2) is 10.9 Å². The van der Waals surface area contributed by atoms with Crippen molar-refractivity contribution >= 4 is 33.4 Å². The molecule has 1 amide bonds. The van der Waals surface area contributed by atoms with Gasteiger partial charge in [0, 0.05) is 41.7 Å². The van der Waals surface area contributed by atoms with Gasteiger partial charge in [-0.1, -0.05) is 51.8 Å². The lowest BCUT2D eigenvalue weighted by atomic mass is 10.0.